The van der Waals surface area contributed by atoms with Crippen LogP contribution in [-0.2, 0) is 4.43 Å². The van der Waals surface area contributed by atoms with E-state index in [4.69, 9.17) is 4.43 Å². The van der Waals surface area contributed by atoms with Gasteiger partial charge in [-0.05, 0) is 36.1 Å². The lowest BCUT2D eigenvalue weighted by Crippen LogP contribution is -2.11. The fourth-order valence-electron chi connectivity index (χ4n) is 2.47. The van der Waals surface area contributed by atoms with Crippen LogP contribution >= 0.6 is 0 Å². The van der Waals surface area contributed by atoms with Crippen molar-refractivity contribution in [3.63, 3.8) is 0 Å². The Morgan fingerprint density at radius 1 is 0.889 bits per heavy atom. The van der Waals surface area contributed by atoms with Crippen molar-refractivity contribution >= 4 is 10.5 Å². The molecule has 0 atom stereocenters. The Morgan fingerprint density at radius 2 is 1.33 bits per heavy atom. The van der Waals surface area contributed by atoms with Crippen molar-refractivity contribution in [2.45, 2.75) is 19.8 Å². The van der Waals surface area contributed by atoms with Gasteiger partial charge in [-0.1, -0.05) is 48.5 Å². The number of aryl methyl sites for hydroxylation is 2. The van der Waals surface area contributed by atoms with Gasteiger partial charge in [0.1, 0.15) is 10.5 Å². The highest BCUT2D eigenvalue weighted by molar-refractivity contribution is 5.98. The summed E-state index contributed by atoms with van der Waals surface area (Å²) in [6.07, 6.45) is 0. The fourth-order valence-corrected chi connectivity index (χ4v) is 2.80. The van der Waals surface area contributed by atoms with E-state index in [2.05, 4.69) is 62.4 Å². The maximum absolute atomic E-state index is 5.56. The molecule has 0 fully saturated rings. The zero-order valence-electron chi connectivity index (χ0n) is 11.3. The summed E-state index contributed by atoms with van der Waals surface area (Å²) in [5.74, 6) is 0.352. The molecular weight excluding hydrogens is 236 g/mol. The Kier molecular flexibility index (Phi) is 4.34. The highest BCUT2D eigenvalue weighted by Gasteiger charge is 2.17. The molecule has 2 aromatic carbocycles. The summed E-state index contributed by atoms with van der Waals surface area (Å²) in [4.78, 5) is 0. The van der Waals surface area contributed by atoms with Crippen molar-refractivity contribution < 1.29 is 4.43 Å². The molecule has 0 aliphatic rings. The van der Waals surface area contributed by atoms with E-state index in [1.54, 1.807) is 0 Å². The van der Waals surface area contributed by atoms with Crippen molar-refractivity contribution in [2.75, 3.05) is 6.61 Å². The van der Waals surface area contributed by atoms with Gasteiger partial charge in [0.05, 0.1) is 0 Å². The monoisotopic (exact) mass is 256 g/mol. The summed E-state index contributed by atoms with van der Waals surface area (Å²) < 4.78 is 5.56. The summed E-state index contributed by atoms with van der Waals surface area (Å²) in [7, 11) is 0.785. The number of rotatable bonds is 4. The van der Waals surface area contributed by atoms with Crippen molar-refractivity contribution in [2.24, 2.45) is 0 Å². The second-order valence-electron chi connectivity index (χ2n) is 4.72. The third-order valence-electron chi connectivity index (χ3n) is 3.46. The van der Waals surface area contributed by atoms with Crippen LogP contribution < -0.4 is 0 Å². The number of hydrogen-bond donors (Lipinski definition) is 0. The van der Waals surface area contributed by atoms with E-state index in [0.717, 1.165) is 17.1 Å². The molecule has 0 aliphatic carbocycles. The first-order valence-electron chi connectivity index (χ1n) is 6.34. The van der Waals surface area contributed by atoms with Crippen LogP contribution in [0.5, 0.6) is 0 Å². The van der Waals surface area contributed by atoms with Crippen molar-refractivity contribution in [1.82, 2.24) is 0 Å². The molecule has 0 heterocycles. The van der Waals surface area contributed by atoms with E-state index in [9.17, 15) is 0 Å². The molecule has 0 aliphatic heterocycles. The lowest BCUT2D eigenvalue weighted by Gasteiger charge is -2.21. The van der Waals surface area contributed by atoms with Gasteiger partial charge < -0.3 is 4.43 Å². The summed E-state index contributed by atoms with van der Waals surface area (Å²) >= 11 is 0. The molecule has 2 rings (SSSR count). The molecule has 0 bridgehead atoms. The summed E-state index contributed by atoms with van der Waals surface area (Å²) in [5, 5.41) is 0. The van der Waals surface area contributed by atoms with Crippen LogP contribution in [0.1, 0.15) is 28.2 Å². The van der Waals surface area contributed by atoms with Gasteiger partial charge in [-0.3, -0.25) is 0 Å². The van der Waals surface area contributed by atoms with E-state index >= 15 is 0 Å². The molecule has 2 aromatic rings. The average Bonchev–Trinajstić information content (AvgIpc) is 2.38. The van der Waals surface area contributed by atoms with Gasteiger partial charge in [0, 0.05) is 12.5 Å². The van der Waals surface area contributed by atoms with Crippen LogP contribution in [0.4, 0.5) is 0 Å². The van der Waals surface area contributed by atoms with E-state index in [0.29, 0.717) is 5.92 Å². The quantitative estimate of drug-likeness (QED) is 0.764. The topological polar surface area (TPSA) is 9.23 Å². The van der Waals surface area contributed by atoms with E-state index < -0.39 is 0 Å². The van der Waals surface area contributed by atoms with Crippen LogP contribution in [0.25, 0.3) is 0 Å². The highest BCUT2D eigenvalue weighted by Crippen LogP contribution is 2.29. The first-order valence-corrected chi connectivity index (χ1v) is 7.15. The van der Waals surface area contributed by atoms with Gasteiger partial charge in [-0.15, -0.1) is 0 Å². The summed E-state index contributed by atoms with van der Waals surface area (Å²) in [6.45, 7) is 5.13. The summed E-state index contributed by atoms with van der Waals surface area (Å²) in [6, 6.07) is 17.2. The minimum atomic E-state index is 0.352. The van der Waals surface area contributed by atoms with Crippen molar-refractivity contribution in [3.8, 4) is 0 Å². The van der Waals surface area contributed by atoms with Crippen molar-refractivity contribution in [1.29, 1.82) is 0 Å². The molecule has 0 unspecified atom stereocenters. The lowest BCUT2D eigenvalue weighted by molar-refractivity contribution is 0.332. The minimum absolute atomic E-state index is 0.352. The van der Waals surface area contributed by atoms with Crippen LogP contribution in [0.2, 0.25) is 0 Å². The van der Waals surface area contributed by atoms with E-state index in [1.807, 2.05) is 0 Å². The predicted molar refractivity (Wildman–Crippen MR) is 80.1 cm³/mol. The van der Waals surface area contributed by atoms with Crippen LogP contribution in [0, 0.1) is 13.8 Å². The Balaban J connectivity index is 2.47. The Hall–Kier alpha value is -1.38. The minimum Gasteiger partial charge on any atom is -0.427 e. The fraction of sp³-hybridized carbons (Fsp3) is 0.250. The third-order valence-corrected chi connectivity index (χ3v) is 3.79. The van der Waals surface area contributed by atoms with Gasteiger partial charge in [0.2, 0.25) is 0 Å². The molecule has 0 aromatic heterocycles. The van der Waals surface area contributed by atoms with Crippen LogP contribution in [0.15, 0.2) is 48.5 Å². The van der Waals surface area contributed by atoms with Crippen LogP contribution in [-0.4, -0.2) is 17.1 Å². The molecule has 0 N–H and O–H groups in total. The number of hydrogen-bond acceptors (Lipinski definition) is 1. The second kappa shape index (κ2) is 5.98. The van der Waals surface area contributed by atoms with Crippen molar-refractivity contribution in [3.05, 3.63) is 70.8 Å². The largest absolute Gasteiger partial charge is 0.427 e. The van der Waals surface area contributed by atoms with Gasteiger partial charge in [-0.2, -0.15) is 0 Å². The predicted octanol–water partition coefficient (Wildman–Crippen LogP) is 2.73. The van der Waals surface area contributed by atoms with Crippen LogP contribution in [0.3, 0.4) is 0 Å². The normalized spacial score (nSPS) is 11.1. The molecule has 94 valence electrons. The molecule has 0 saturated heterocycles. The smallest absolute Gasteiger partial charge is 0.146 e. The molecular formula is C16H20OSi. The molecule has 2 heteroatoms. The third kappa shape index (κ3) is 2.71. The Labute approximate surface area is 112 Å². The Bertz CT molecular complexity index is 477. The highest BCUT2D eigenvalue weighted by atomic mass is 28.2. The molecule has 0 amide bonds. The first-order chi connectivity index (χ1) is 8.74. The second-order valence-corrected chi connectivity index (χ2v) is 5.30. The van der Waals surface area contributed by atoms with Gasteiger partial charge >= 0.3 is 0 Å². The zero-order chi connectivity index (χ0) is 13.0. The molecule has 0 radical (unpaired) electrons. The molecule has 0 saturated carbocycles. The Morgan fingerprint density at radius 3 is 1.72 bits per heavy atom. The molecule has 18 heavy (non-hydrogen) atoms. The maximum Gasteiger partial charge on any atom is 0.146 e. The maximum atomic E-state index is 5.56. The lowest BCUT2D eigenvalue weighted by atomic mass is 9.87. The van der Waals surface area contributed by atoms with Gasteiger partial charge in [-0.25, -0.2) is 0 Å². The molecule has 1 nitrogen and oxygen atoms in total. The summed E-state index contributed by atoms with van der Waals surface area (Å²) in [5.41, 5.74) is 5.43. The van der Waals surface area contributed by atoms with E-state index in [-0.39, 0.29) is 0 Å². The molecule has 0 spiro atoms. The van der Waals surface area contributed by atoms with E-state index in [1.165, 1.54) is 22.3 Å². The van der Waals surface area contributed by atoms with Gasteiger partial charge in [0.15, 0.2) is 0 Å². The average molecular weight is 256 g/mol. The standard InChI is InChI=1S/C16H20OSi/c1-12-7-3-5-9-14(12)16(11-17-18)15-10-6-4-8-13(15)2/h3-10,16H,11H2,1-2,18H3. The zero-order valence-corrected chi connectivity index (χ0v) is 13.3. The number of benzene rings is 2. The SMILES string of the molecule is Cc1ccccc1C(CO[SiH3])c1ccccc1C. The first kappa shape index (κ1) is 13.1. The van der Waals surface area contributed by atoms with Gasteiger partial charge in [0.25, 0.3) is 0 Å².